The Balaban J connectivity index is 1.56. The van der Waals surface area contributed by atoms with Crippen LogP contribution in [0.25, 0.3) is 11.0 Å². The zero-order chi connectivity index (χ0) is 28.1. The van der Waals surface area contributed by atoms with E-state index in [1.807, 2.05) is 12.1 Å². The van der Waals surface area contributed by atoms with Crippen molar-refractivity contribution in [3.63, 3.8) is 0 Å². The number of nitrogens with zero attached hydrogens (tertiary/aromatic N) is 4. The molecule has 208 valence electrons. The van der Waals surface area contributed by atoms with E-state index in [9.17, 15) is 19.1 Å². The van der Waals surface area contributed by atoms with Gasteiger partial charge in [-0.05, 0) is 73.9 Å². The molecule has 2 heterocycles. The minimum atomic E-state index is -1.19. The van der Waals surface area contributed by atoms with Crippen molar-refractivity contribution in [1.82, 2.24) is 20.3 Å². The number of nitrogens with one attached hydrogen (secondary N) is 1. The molecule has 40 heavy (non-hydrogen) atoms. The molecule has 2 amide bonds. The third-order valence-electron chi connectivity index (χ3n) is 6.71. The summed E-state index contributed by atoms with van der Waals surface area (Å²) in [6.45, 7) is 2.72. The average Bonchev–Trinajstić information content (AvgIpc) is 3.63. The van der Waals surface area contributed by atoms with Gasteiger partial charge in [0.05, 0.1) is 18.2 Å². The first kappa shape index (κ1) is 27.1. The van der Waals surface area contributed by atoms with E-state index in [4.69, 9.17) is 9.47 Å². The van der Waals surface area contributed by atoms with Gasteiger partial charge < -0.3 is 19.9 Å². The van der Waals surface area contributed by atoms with Gasteiger partial charge in [0, 0.05) is 18.8 Å². The van der Waals surface area contributed by atoms with Gasteiger partial charge >= 0.3 is 0 Å². The van der Waals surface area contributed by atoms with E-state index in [0.717, 1.165) is 12.8 Å². The number of anilines is 1. The highest BCUT2D eigenvalue weighted by Gasteiger charge is 2.34. The van der Waals surface area contributed by atoms with Crippen LogP contribution >= 0.6 is 0 Å². The molecular weight excluding hydrogens is 517 g/mol. The molecule has 1 saturated heterocycles. The molecule has 2 unspecified atom stereocenters. The van der Waals surface area contributed by atoms with E-state index in [0.29, 0.717) is 28.9 Å². The van der Waals surface area contributed by atoms with Gasteiger partial charge in [0.2, 0.25) is 11.8 Å². The van der Waals surface area contributed by atoms with Crippen LogP contribution in [0, 0.1) is 5.82 Å². The number of benzene rings is 3. The van der Waals surface area contributed by atoms with Crippen LogP contribution in [-0.2, 0) is 20.9 Å². The van der Waals surface area contributed by atoms with Crippen molar-refractivity contribution in [3.8, 4) is 11.5 Å². The number of hydrogen-bond acceptors (Lipinski definition) is 7. The maximum Gasteiger partial charge on any atom is 0.249 e. The Morgan fingerprint density at radius 1 is 1.20 bits per heavy atom. The smallest absolute Gasteiger partial charge is 0.249 e. The van der Waals surface area contributed by atoms with Crippen LogP contribution < -0.4 is 15.0 Å². The van der Waals surface area contributed by atoms with Gasteiger partial charge in [-0.3, -0.25) is 14.5 Å². The average molecular weight is 548 g/mol. The highest BCUT2D eigenvalue weighted by molar-refractivity contribution is 6.01. The lowest BCUT2D eigenvalue weighted by atomic mass is 10.0. The zero-order valence-corrected chi connectivity index (χ0v) is 22.0. The number of ether oxygens (including phenoxy) is 2. The summed E-state index contributed by atoms with van der Waals surface area (Å²) in [4.78, 5) is 29.2. The third-order valence-corrected chi connectivity index (χ3v) is 6.71. The molecule has 0 radical (unpaired) electrons. The third kappa shape index (κ3) is 5.89. The number of para-hydroxylation sites is 1. The Morgan fingerprint density at radius 2 is 2.00 bits per heavy atom. The van der Waals surface area contributed by atoms with Crippen LogP contribution in [0.15, 0.2) is 66.7 Å². The summed E-state index contributed by atoms with van der Waals surface area (Å²) in [6.07, 6.45) is 1.60. The molecule has 0 saturated carbocycles. The second kappa shape index (κ2) is 12.1. The van der Waals surface area contributed by atoms with Gasteiger partial charge in [-0.2, -0.15) is 0 Å². The lowest BCUT2D eigenvalue weighted by Crippen LogP contribution is -2.46. The summed E-state index contributed by atoms with van der Waals surface area (Å²) >= 11 is 0. The second-order valence-corrected chi connectivity index (χ2v) is 9.42. The maximum atomic E-state index is 14.1. The van der Waals surface area contributed by atoms with Crippen molar-refractivity contribution < 1.29 is 28.6 Å². The summed E-state index contributed by atoms with van der Waals surface area (Å²) < 4.78 is 26.6. The van der Waals surface area contributed by atoms with Gasteiger partial charge in [0.25, 0.3) is 0 Å². The van der Waals surface area contributed by atoms with Gasteiger partial charge in [0.1, 0.15) is 23.9 Å². The fraction of sp³-hybridized carbons (Fsp3) is 0.310. The first-order chi connectivity index (χ1) is 19.4. The van der Waals surface area contributed by atoms with Crippen molar-refractivity contribution in [1.29, 1.82) is 0 Å². The fourth-order valence-electron chi connectivity index (χ4n) is 4.78. The van der Waals surface area contributed by atoms with E-state index in [1.165, 1.54) is 46.0 Å². The molecule has 10 nitrogen and oxygen atoms in total. The number of halogens is 1. The maximum absolute atomic E-state index is 14.1. The number of carbonyl (C=O) groups is 2. The van der Waals surface area contributed by atoms with E-state index < -0.39 is 23.7 Å². The summed E-state index contributed by atoms with van der Waals surface area (Å²) in [5, 5.41) is 21.5. The van der Waals surface area contributed by atoms with Crippen LogP contribution in [0.1, 0.15) is 31.4 Å². The lowest BCUT2D eigenvalue weighted by molar-refractivity contribution is -0.127. The van der Waals surface area contributed by atoms with Crippen molar-refractivity contribution in [2.24, 2.45) is 0 Å². The number of aromatic hydroxyl groups is 1. The van der Waals surface area contributed by atoms with E-state index in [-0.39, 0.29) is 37.3 Å². The number of hydrogen-bond donors (Lipinski definition) is 2. The van der Waals surface area contributed by atoms with Crippen LogP contribution in [0.2, 0.25) is 0 Å². The number of fused-ring (bicyclic) bond motifs is 1. The normalized spacial score (nSPS) is 15.6. The number of amides is 2. The number of aromatic nitrogens is 3. The van der Waals surface area contributed by atoms with Crippen molar-refractivity contribution >= 4 is 28.5 Å². The molecule has 2 N–H and O–H groups in total. The van der Waals surface area contributed by atoms with Gasteiger partial charge in [-0.25, -0.2) is 9.07 Å². The molecule has 5 rings (SSSR count). The molecule has 0 aliphatic carbocycles. The quantitative estimate of drug-likeness (QED) is 0.310. The summed E-state index contributed by atoms with van der Waals surface area (Å²) in [7, 11) is 0. The minimum absolute atomic E-state index is 0.0992. The summed E-state index contributed by atoms with van der Waals surface area (Å²) in [5.74, 6) is -1.36. The van der Waals surface area contributed by atoms with E-state index in [1.54, 1.807) is 25.1 Å². The van der Waals surface area contributed by atoms with Gasteiger partial charge in [-0.15, -0.1) is 5.10 Å². The Labute approximate surface area is 230 Å². The van der Waals surface area contributed by atoms with Crippen molar-refractivity contribution in [2.75, 3.05) is 24.7 Å². The Hall–Kier alpha value is -4.51. The summed E-state index contributed by atoms with van der Waals surface area (Å²) in [6, 6.07) is 15.9. The van der Waals surface area contributed by atoms with Crippen LogP contribution in [0.5, 0.6) is 11.5 Å². The van der Waals surface area contributed by atoms with Gasteiger partial charge in [0.15, 0.2) is 11.5 Å². The van der Waals surface area contributed by atoms with E-state index >= 15 is 0 Å². The summed E-state index contributed by atoms with van der Waals surface area (Å²) in [5.41, 5.74) is 1.97. The molecular formula is C29H30FN5O5. The van der Waals surface area contributed by atoms with Gasteiger partial charge in [-0.1, -0.05) is 23.4 Å². The molecule has 3 aromatic carbocycles. The first-order valence-electron chi connectivity index (χ1n) is 13.2. The van der Waals surface area contributed by atoms with Crippen molar-refractivity contribution in [2.45, 2.75) is 38.5 Å². The number of carbonyl (C=O) groups excluding carboxylic acids is 2. The van der Waals surface area contributed by atoms with Crippen LogP contribution in [0.3, 0.4) is 0 Å². The molecule has 1 aliphatic rings. The molecule has 2 atom stereocenters. The van der Waals surface area contributed by atoms with Crippen molar-refractivity contribution in [3.05, 3.63) is 78.1 Å². The highest BCUT2D eigenvalue weighted by atomic mass is 19.1. The Bertz CT molecular complexity index is 1490. The molecule has 11 heteroatoms. The largest absolute Gasteiger partial charge is 0.504 e. The minimum Gasteiger partial charge on any atom is -0.504 e. The fourth-order valence-corrected chi connectivity index (χ4v) is 4.78. The van der Waals surface area contributed by atoms with Crippen LogP contribution in [-0.4, -0.2) is 57.8 Å². The zero-order valence-electron chi connectivity index (χ0n) is 22.0. The molecule has 4 aromatic rings. The highest BCUT2D eigenvalue weighted by Crippen LogP contribution is 2.34. The predicted octanol–water partition coefficient (Wildman–Crippen LogP) is 3.74. The first-order valence-corrected chi connectivity index (χ1v) is 13.2. The monoisotopic (exact) mass is 547 g/mol. The Morgan fingerprint density at radius 3 is 2.75 bits per heavy atom. The molecule has 0 bridgehead atoms. The molecule has 1 fully saturated rings. The van der Waals surface area contributed by atoms with E-state index in [2.05, 4.69) is 15.6 Å². The predicted molar refractivity (Wildman–Crippen MR) is 145 cm³/mol. The topological polar surface area (TPSA) is 119 Å². The second-order valence-electron chi connectivity index (χ2n) is 9.42. The number of phenolic OH excluding ortho intramolecular Hbond substituents is 1. The molecule has 0 spiro atoms. The number of rotatable bonds is 10. The molecule has 1 aromatic heterocycles. The number of phenols is 1. The lowest BCUT2D eigenvalue weighted by Gasteiger charge is -2.32. The Kier molecular flexibility index (Phi) is 8.20. The van der Waals surface area contributed by atoms with Crippen LogP contribution in [0.4, 0.5) is 10.1 Å². The standard InChI is InChI=1S/C29H30FN5O5/c1-2-39-26-16-19(9-14-25(26)36)28(29(38)31-17-22-6-5-15-40-22)35(21-12-10-20(30)11-13-21)27(37)18-34-24-8-4-3-7-23(24)32-33-34/h3-4,7-14,16,22,28,36H,2,5-6,15,17-18H2,1H3,(H,31,38). The SMILES string of the molecule is CCOc1cc(C(C(=O)NCC2CCCO2)N(C(=O)Cn2nnc3ccccc32)c2ccc(F)cc2)ccc1O. The molecule has 1 aliphatic heterocycles.